The maximum absolute atomic E-state index is 12.1. The zero-order valence-corrected chi connectivity index (χ0v) is 15.9. The highest BCUT2D eigenvalue weighted by Gasteiger charge is 2.15. The van der Waals surface area contributed by atoms with E-state index in [1.807, 2.05) is 30.3 Å². The number of hydrogen-bond donors (Lipinski definition) is 1. The van der Waals surface area contributed by atoms with E-state index < -0.39 is 10.7 Å². The topological polar surface area (TPSA) is 117 Å². The van der Waals surface area contributed by atoms with Gasteiger partial charge in [0.05, 0.1) is 22.6 Å². The molecule has 152 valence electrons. The normalized spacial score (nSPS) is 12.0. The van der Waals surface area contributed by atoms with Crippen molar-refractivity contribution in [3.05, 3.63) is 74.8 Å². The van der Waals surface area contributed by atoms with Crippen molar-refractivity contribution in [2.45, 2.75) is 25.5 Å². The molecule has 0 aliphatic carbocycles. The average Bonchev–Trinajstić information content (AvgIpc) is 3.03. The smallest absolute Gasteiger partial charge is 0.407 e. The van der Waals surface area contributed by atoms with E-state index >= 15 is 0 Å². The van der Waals surface area contributed by atoms with Gasteiger partial charge in [0.1, 0.15) is 0 Å². The van der Waals surface area contributed by atoms with Gasteiger partial charge >= 0.3 is 5.76 Å². The number of non-ortho nitro benzene ring substituents is 1. The maximum Gasteiger partial charge on any atom is 0.419 e. The summed E-state index contributed by atoms with van der Waals surface area (Å²) in [5, 5.41) is 13.7. The van der Waals surface area contributed by atoms with Crippen LogP contribution in [0.2, 0.25) is 0 Å². The Morgan fingerprint density at radius 1 is 1.28 bits per heavy atom. The van der Waals surface area contributed by atoms with Crippen molar-refractivity contribution in [2.24, 2.45) is 0 Å². The first-order valence-electron chi connectivity index (χ1n) is 9.12. The summed E-state index contributed by atoms with van der Waals surface area (Å²) >= 11 is 0. The van der Waals surface area contributed by atoms with Crippen LogP contribution in [0.1, 0.15) is 24.5 Å². The second-order valence-corrected chi connectivity index (χ2v) is 6.47. The van der Waals surface area contributed by atoms with Crippen molar-refractivity contribution >= 4 is 22.7 Å². The van der Waals surface area contributed by atoms with Gasteiger partial charge in [-0.05, 0) is 18.1 Å². The molecule has 0 aliphatic rings. The van der Waals surface area contributed by atoms with Gasteiger partial charge in [-0.3, -0.25) is 19.5 Å². The molecular weight excluding hydrogens is 378 g/mol. The largest absolute Gasteiger partial charge is 0.419 e. The number of aryl methyl sites for hydroxylation is 1. The third kappa shape index (κ3) is 4.88. The van der Waals surface area contributed by atoms with Gasteiger partial charge in [0.2, 0.25) is 5.91 Å². The Kier molecular flexibility index (Phi) is 6.40. The standard InChI is InChI=1S/C20H21N3O6/c1-28-18(14-6-3-2-4-7-14)13-21-19(24)8-5-11-22-16-10-9-15(23(26)27)12-17(16)29-20(22)25/h2-4,6-7,9-10,12,18H,5,8,11,13H2,1H3,(H,21,24). The van der Waals surface area contributed by atoms with Crippen LogP contribution in [0.15, 0.2) is 57.7 Å². The molecule has 9 heteroatoms. The minimum Gasteiger partial charge on any atom is -0.407 e. The quantitative estimate of drug-likeness (QED) is 0.437. The van der Waals surface area contributed by atoms with Crippen LogP contribution in [0, 0.1) is 10.1 Å². The molecule has 1 unspecified atom stereocenters. The lowest BCUT2D eigenvalue weighted by atomic mass is 10.1. The van der Waals surface area contributed by atoms with Crippen molar-refractivity contribution in [3.63, 3.8) is 0 Å². The number of ether oxygens (including phenoxy) is 1. The summed E-state index contributed by atoms with van der Waals surface area (Å²) in [5.74, 6) is -0.760. The Bertz CT molecular complexity index is 1060. The van der Waals surface area contributed by atoms with E-state index in [2.05, 4.69) is 5.32 Å². The van der Waals surface area contributed by atoms with Crippen molar-refractivity contribution in [1.82, 2.24) is 9.88 Å². The zero-order valence-electron chi connectivity index (χ0n) is 15.9. The van der Waals surface area contributed by atoms with Crippen LogP contribution in [0.3, 0.4) is 0 Å². The van der Waals surface area contributed by atoms with E-state index in [9.17, 15) is 19.7 Å². The summed E-state index contributed by atoms with van der Waals surface area (Å²) in [7, 11) is 1.59. The van der Waals surface area contributed by atoms with E-state index in [0.29, 0.717) is 18.5 Å². The fraction of sp³-hybridized carbons (Fsp3) is 0.300. The number of nitro benzene ring substituents is 1. The van der Waals surface area contributed by atoms with Gasteiger partial charge in [-0.2, -0.15) is 0 Å². The predicted molar refractivity (Wildman–Crippen MR) is 106 cm³/mol. The van der Waals surface area contributed by atoms with Gasteiger partial charge in [-0.25, -0.2) is 4.79 Å². The first kappa shape index (κ1) is 20.3. The SMILES string of the molecule is COC(CNC(=O)CCCn1c(=O)oc2cc([N+](=O)[O-])ccc21)c1ccccc1. The molecule has 2 aromatic carbocycles. The van der Waals surface area contributed by atoms with Crippen molar-refractivity contribution in [3.8, 4) is 0 Å². The highest BCUT2D eigenvalue weighted by atomic mass is 16.6. The maximum atomic E-state index is 12.1. The summed E-state index contributed by atoms with van der Waals surface area (Å²) in [5.41, 5.74) is 1.44. The van der Waals surface area contributed by atoms with Gasteiger partial charge in [0.15, 0.2) is 5.58 Å². The number of aromatic nitrogens is 1. The summed E-state index contributed by atoms with van der Waals surface area (Å²) in [4.78, 5) is 34.4. The van der Waals surface area contributed by atoms with Gasteiger partial charge in [0, 0.05) is 32.7 Å². The van der Waals surface area contributed by atoms with Crippen LogP contribution in [-0.4, -0.2) is 29.1 Å². The number of rotatable bonds is 9. The monoisotopic (exact) mass is 399 g/mol. The molecule has 1 atom stereocenters. The number of nitrogens with one attached hydrogen (secondary N) is 1. The minimum absolute atomic E-state index is 0.149. The van der Waals surface area contributed by atoms with Crippen LogP contribution in [-0.2, 0) is 16.1 Å². The number of nitrogens with zero attached hydrogens (tertiary/aromatic N) is 2. The van der Waals surface area contributed by atoms with E-state index in [1.54, 1.807) is 7.11 Å². The molecule has 1 aromatic heterocycles. The fourth-order valence-corrected chi connectivity index (χ4v) is 3.08. The molecule has 0 saturated carbocycles. The first-order chi connectivity index (χ1) is 14.0. The molecule has 1 amide bonds. The second-order valence-electron chi connectivity index (χ2n) is 6.47. The molecule has 0 bridgehead atoms. The lowest BCUT2D eigenvalue weighted by Crippen LogP contribution is -2.29. The van der Waals surface area contributed by atoms with Gasteiger partial charge in [0.25, 0.3) is 5.69 Å². The summed E-state index contributed by atoms with van der Waals surface area (Å²) in [6.07, 6.45) is 0.397. The number of hydrogen-bond acceptors (Lipinski definition) is 6. The Morgan fingerprint density at radius 3 is 2.72 bits per heavy atom. The molecule has 0 radical (unpaired) electrons. The molecule has 1 N–H and O–H groups in total. The summed E-state index contributed by atoms with van der Waals surface area (Å²) in [6.45, 7) is 0.612. The zero-order chi connectivity index (χ0) is 20.8. The number of carbonyl (C=O) groups is 1. The third-order valence-electron chi connectivity index (χ3n) is 4.59. The lowest BCUT2D eigenvalue weighted by molar-refractivity contribution is -0.384. The summed E-state index contributed by atoms with van der Waals surface area (Å²) < 4.78 is 11.9. The highest BCUT2D eigenvalue weighted by Crippen LogP contribution is 2.20. The average molecular weight is 399 g/mol. The number of fused-ring (bicyclic) bond motifs is 1. The van der Waals surface area contributed by atoms with Gasteiger partial charge < -0.3 is 14.5 Å². The number of carbonyl (C=O) groups excluding carboxylic acids is 1. The highest BCUT2D eigenvalue weighted by molar-refractivity contribution is 5.76. The molecule has 0 saturated heterocycles. The summed E-state index contributed by atoms with van der Waals surface area (Å²) in [6, 6.07) is 13.6. The van der Waals surface area contributed by atoms with Crippen molar-refractivity contribution < 1.29 is 18.9 Å². The van der Waals surface area contributed by atoms with Crippen molar-refractivity contribution in [1.29, 1.82) is 0 Å². The Balaban J connectivity index is 1.54. The van der Waals surface area contributed by atoms with E-state index in [-0.39, 0.29) is 36.2 Å². The van der Waals surface area contributed by atoms with Gasteiger partial charge in [-0.1, -0.05) is 30.3 Å². The fourth-order valence-electron chi connectivity index (χ4n) is 3.08. The van der Waals surface area contributed by atoms with Crippen molar-refractivity contribution in [2.75, 3.05) is 13.7 Å². The molecule has 0 spiro atoms. The van der Waals surface area contributed by atoms with Crippen LogP contribution in [0.4, 0.5) is 5.69 Å². The number of benzene rings is 2. The van der Waals surface area contributed by atoms with Crippen LogP contribution >= 0.6 is 0 Å². The predicted octanol–water partition coefficient (Wildman–Crippen LogP) is 2.79. The van der Waals surface area contributed by atoms with Crippen LogP contribution in [0.25, 0.3) is 11.1 Å². The number of nitro groups is 1. The molecule has 0 aliphatic heterocycles. The number of methoxy groups -OCH3 is 1. The Labute approximate surface area is 166 Å². The lowest BCUT2D eigenvalue weighted by Gasteiger charge is -2.16. The first-order valence-corrected chi connectivity index (χ1v) is 9.12. The molecule has 1 heterocycles. The number of amides is 1. The molecular formula is C20H21N3O6. The molecule has 3 rings (SSSR count). The van der Waals surface area contributed by atoms with Crippen LogP contribution in [0.5, 0.6) is 0 Å². The van der Waals surface area contributed by atoms with Crippen LogP contribution < -0.4 is 11.1 Å². The van der Waals surface area contributed by atoms with E-state index in [0.717, 1.165) is 5.56 Å². The molecule has 9 nitrogen and oxygen atoms in total. The molecule has 0 fully saturated rings. The molecule has 29 heavy (non-hydrogen) atoms. The number of oxazole rings is 1. The third-order valence-corrected chi connectivity index (χ3v) is 4.59. The van der Waals surface area contributed by atoms with E-state index in [4.69, 9.17) is 9.15 Å². The van der Waals surface area contributed by atoms with Gasteiger partial charge in [-0.15, -0.1) is 0 Å². The Hall–Kier alpha value is -3.46. The minimum atomic E-state index is -0.607. The Morgan fingerprint density at radius 2 is 2.03 bits per heavy atom. The second kappa shape index (κ2) is 9.16. The molecule has 3 aromatic rings. The van der Waals surface area contributed by atoms with E-state index in [1.165, 1.54) is 22.8 Å².